The fourth-order valence-corrected chi connectivity index (χ4v) is 2.56. The molecule has 0 aliphatic carbocycles. The maximum atomic E-state index is 13.1. The maximum absolute atomic E-state index is 13.1. The Hall–Kier alpha value is -2.13. The molecule has 0 aliphatic rings. The molecule has 0 aliphatic heterocycles. The summed E-state index contributed by atoms with van der Waals surface area (Å²) in [6, 6.07) is 11.6. The normalized spacial score (nSPS) is 12.9. The second-order valence-electron chi connectivity index (χ2n) is 6.83. The van der Waals surface area contributed by atoms with E-state index in [0.717, 1.165) is 10.8 Å². The van der Waals surface area contributed by atoms with E-state index >= 15 is 0 Å². The van der Waals surface area contributed by atoms with Crippen LogP contribution in [-0.2, 0) is 0 Å². The first-order valence-electron chi connectivity index (χ1n) is 7.86. The summed E-state index contributed by atoms with van der Waals surface area (Å²) in [7, 11) is 1.80. The number of nitrogens with zero attached hydrogens (tertiary/aromatic N) is 1. The van der Waals surface area contributed by atoms with Gasteiger partial charge in [0.25, 0.3) is 5.91 Å². The van der Waals surface area contributed by atoms with Crippen molar-refractivity contribution < 1.29 is 9.90 Å². The van der Waals surface area contributed by atoms with Crippen LogP contribution in [0.25, 0.3) is 10.8 Å². The fourth-order valence-electron chi connectivity index (χ4n) is 2.56. The van der Waals surface area contributed by atoms with E-state index in [9.17, 15) is 9.90 Å². The zero-order chi connectivity index (χ0) is 17.2. The van der Waals surface area contributed by atoms with Gasteiger partial charge in [-0.3, -0.25) is 4.79 Å². The molecule has 0 heterocycles. The zero-order valence-electron chi connectivity index (χ0n) is 14.3. The van der Waals surface area contributed by atoms with Gasteiger partial charge in [-0.15, -0.1) is 6.58 Å². The molecule has 0 saturated heterocycles. The van der Waals surface area contributed by atoms with Crippen molar-refractivity contribution in [2.45, 2.75) is 38.8 Å². The number of carbonyl (C=O) groups is 1. The Labute approximate surface area is 138 Å². The Kier molecular flexibility index (Phi) is 4.90. The summed E-state index contributed by atoms with van der Waals surface area (Å²) in [6.45, 7) is 9.67. The third kappa shape index (κ3) is 3.45. The number of fused-ring (bicyclic) bond motifs is 1. The van der Waals surface area contributed by atoms with Crippen LogP contribution < -0.4 is 0 Å². The zero-order valence-corrected chi connectivity index (χ0v) is 14.3. The Bertz CT molecular complexity index is 728. The van der Waals surface area contributed by atoms with Crippen molar-refractivity contribution in [2.75, 3.05) is 7.05 Å². The maximum Gasteiger partial charge on any atom is 0.255 e. The fraction of sp³-hybridized carbons (Fsp3) is 0.350. The minimum atomic E-state index is -0.732. The Balaban J connectivity index is 2.68. The molecule has 122 valence electrons. The van der Waals surface area contributed by atoms with Crippen LogP contribution in [0.2, 0.25) is 0 Å². The van der Waals surface area contributed by atoms with Crippen LogP contribution in [0, 0.1) is 0 Å². The molecule has 0 saturated carbocycles. The predicted octanol–water partition coefficient (Wildman–Crippen LogP) is 4.32. The Morgan fingerprint density at radius 3 is 2.52 bits per heavy atom. The highest BCUT2D eigenvalue weighted by Crippen LogP contribution is 2.30. The third-order valence-corrected chi connectivity index (χ3v) is 4.23. The summed E-state index contributed by atoms with van der Waals surface area (Å²) >= 11 is 0. The molecule has 1 unspecified atom stereocenters. The molecule has 0 bridgehead atoms. The molecule has 0 spiro atoms. The second-order valence-corrected chi connectivity index (χ2v) is 6.83. The van der Waals surface area contributed by atoms with Crippen LogP contribution in [0.4, 0.5) is 0 Å². The number of rotatable bonds is 4. The van der Waals surface area contributed by atoms with Gasteiger partial charge in [-0.25, -0.2) is 0 Å². The van der Waals surface area contributed by atoms with Gasteiger partial charge < -0.3 is 10.0 Å². The number of benzene rings is 2. The van der Waals surface area contributed by atoms with Gasteiger partial charge in [-0.05, 0) is 43.5 Å². The largest absolute Gasteiger partial charge is 0.388 e. The monoisotopic (exact) mass is 311 g/mol. The number of hydrogen-bond donors (Lipinski definition) is 1. The average Bonchev–Trinajstić information content (AvgIpc) is 2.51. The van der Waals surface area contributed by atoms with E-state index in [1.807, 2.05) is 57.2 Å². The summed E-state index contributed by atoms with van der Waals surface area (Å²) in [6.07, 6.45) is 1.35. The first-order chi connectivity index (χ1) is 10.8. The molecule has 3 heteroatoms. The van der Waals surface area contributed by atoms with Crippen molar-refractivity contribution in [3.63, 3.8) is 0 Å². The minimum absolute atomic E-state index is 0.0765. The van der Waals surface area contributed by atoms with E-state index in [-0.39, 0.29) is 11.4 Å². The lowest BCUT2D eigenvalue weighted by Crippen LogP contribution is -2.43. The molecule has 23 heavy (non-hydrogen) atoms. The smallest absolute Gasteiger partial charge is 0.255 e. The van der Waals surface area contributed by atoms with Gasteiger partial charge in [0.05, 0.1) is 11.7 Å². The molecule has 0 radical (unpaired) electrons. The van der Waals surface area contributed by atoms with E-state index in [4.69, 9.17) is 0 Å². The molecular weight excluding hydrogens is 286 g/mol. The SMILES string of the molecule is C=CCC(O)c1ccc2ccccc2c1C(=O)N(C)C(C)(C)C. The lowest BCUT2D eigenvalue weighted by atomic mass is 9.92. The van der Waals surface area contributed by atoms with E-state index < -0.39 is 6.10 Å². The second kappa shape index (κ2) is 6.55. The summed E-state index contributed by atoms with van der Waals surface area (Å²) in [5.74, 6) is -0.0765. The van der Waals surface area contributed by atoms with Crippen molar-refractivity contribution in [1.29, 1.82) is 0 Å². The van der Waals surface area contributed by atoms with Gasteiger partial charge in [0.2, 0.25) is 0 Å². The molecular formula is C20H25NO2. The van der Waals surface area contributed by atoms with E-state index in [0.29, 0.717) is 17.5 Å². The van der Waals surface area contributed by atoms with Gasteiger partial charge in [-0.2, -0.15) is 0 Å². The van der Waals surface area contributed by atoms with Crippen molar-refractivity contribution in [1.82, 2.24) is 4.90 Å². The average molecular weight is 311 g/mol. The third-order valence-electron chi connectivity index (χ3n) is 4.23. The number of aliphatic hydroxyl groups excluding tert-OH is 1. The molecule has 2 rings (SSSR count). The van der Waals surface area contributed by atoms with Crippen molar-refractivity contribution in [3.05, 3.63) is 60.2 Å². The van der Waals surface area contributed by atoms with E-state index in [1.54, 1.807) is 18.0 Å². The van der Waals surface area contributed by atoms with Gasteiger partial charge >= 0.3 is 0 Å². The number of hydrogen-bond acceptors (Lipinski definition) is 2. The number of aliphatic hydroxyl groups is 1. The van der Waals surface area contributed by atoms with Gasteiger partial charge in [-0.1, -0.05) is 42.5 Å². The molecule has 0 aromatic heterocycles. The van der Waals surface area contributed by atoms with Gasteiger partial charge in [0.15, 0.2) is 0 Å². The Morgan fingerprint density at radius 2 is 1.91 bits per heavy atom. The molecule has 3 nitrogen and oxygen atoms in total. The highest BCUT2D eigenvalue weighted by Gasteiger charge is 2.28. The van der Waals surface area contributed by atoms with E-state index in [2.05, 4.69) is 6.58 Å². The summed E-state index contributed by atoms with van der Waals surface area (Å²) in [4.78, 5) is 14.8. The van der Waals surface area contributed by atoms with E-state index in [1.165, 1.54) is 0 Å². The quantitative estimate of drug-likeness (QED) is 0.854. The highest BCUT2D eigenvalue weighted by molar-refractivity contribution is 6.08. The van der Waals surface area contributed by atoms with Crippen molar-refractivity contribution in [3.8, 4) is 0 Å². The topological polar surface area (TPSA) is 40.5 Å². The van der Waals surface area contributed by atoms with Gasteiger partial charge in [0, 0.05) is 12.6 Å². The molecule has 1 atom stereocenters. The molecule has 0 fully saturated rings. The number of amides is 1. The molecule has 2 aromatic rings. The summed E-state index contributed by atoms with van der Waals surface area (Å²) in [5, 5.41) is 12.3. The summed E-state index contributed by atoms with van der Waals surface area (Å²) < 4.78 is 0. The first-order valence-corrected chi connectivity index (χ1v) is 7.86. The molecule has 1 amide bonds. The van der Waals surface area contributed by atoms with Crippen LogP contribution in [0.15, 0.2) is 49.1 Å². The highest BCUT2D eigenvalue weighted by atomic mass is 16.3. The minimum Gasteiger partial charge on any atom is -0.388 e. The van der Waals surface area contributed by atoms with Crippen LogP contribution >= 0.6 is 0 Å². The van der Waals surface area contributed by atoms with Crippen LogP contribution in [-0.4, -0.2) is 28.5 Å². The number of carbonyl (C=O) groups excluding carboxylic acids is 1. The van der Waals surface area contributed by atoms with Crippen LogP contribution in [0.5, 0.6) is 0 Å². The lowest BCUT2D eigenvalue weighted by molar-refractivity contribution is 0.0651. The standard InChI is InChI=1S/C20H25NO2/c1-6-9-17(22)16-13-12-14-10-7-8-11-15(14)18(16)19(23)21(5)20(2,3)4/h6-8,10-13,17,22H,1,9H2,2-5H3. The Morgan fingerprint density at radius 1 is 1.26 bits per heavy atom. The first kappa shape index (κ1) is 17.2. The van der Waals surface area contributed by atoms with Crippen LogP contribution in [0.1, 0.15) is 49.2 Å². The van der Waals surface area contributed by atoms with Crippen molar-refractivity contribution >= 4 is 16.7 Å². The summed E-state index contributed by atoms with van der Waals surface area (Å²) in [5.41, 5.74) is 0.939. The van der Waals surface area contributed by atoms with Gasteiger partial charge in [0.1, 0.15) is 0 Å². The van der Waals surface area contributed by atoms with Crippen molar-refractivity contribution in [2.24, 2.45) is 0 Å². The molecule has 2 aromatic carbocycles. The van der Waals surface area contributed by atoms with Crippen LogP contribution in [0.3, 0.4) is 0 Å². The molecule has 1 N–H and O–H groups in total. The predicted molar refractivity (Wildman–Crippen MR) is 95.6 cm³/mol. The lowest BCUT2D eigenvalue weighted by Gasteiger charge is -2.33.